The molecule has 0 N–H and O–H groups in total. The average molecular weight is 292 g/mol. The van der Waals surface area contributed by atoms with Crippen molar-refractivity contribution < 1.29 is 23.5 Å². The monoisotopic (exact) mass is 292 g/mol. The van der Waals surface area contributed by atoms with Crippen molar-refractivity contribution in [1.82, 2.24) is 0 Å². The van der Waals surface area contributed by atoms with Crippen molar-refractivity contribution in [2.45, 2.75) is 19.3 Å². The van der Waals surface area contributed by atoms with Crippen LogP contribution in [-0.2, 0) is 24.5 Å². The molecule has 5 heteroatoms. The van der Waals surface area contributed by atoms with Gasteiger partial charge in [0.15, 0.2) is 0 Å². The largest absolute Gasteiger partial charge is 0.466 e. The van der Waals surface area contributed by atoms with E-state index in [1.165, 1.54) is 12.1 Å². The van der Waals surface area contributed by atoms with Gasteiger partial charge in [0.25, 0.3) is 0 Å². The molecular weight excluding hydrogens is 275 g/mol. The van der Waals surface area contributed by atoms with Gasteiger partial charge in [-0.15, -0.1) is 0 Å². The number of rotatable bonds is 5. The van der Waals surface area contributed by atoms with Gasteiger partial charge in [0.05, 0.1) is 25.0 Å². The highest BCUT2D eigenvalue weighted by molar-refractivity contribution is 5.94. The van der Waals surface area contributed by atoms with Crippen molar-refractivity contribution in [2.75, 3.05) is 13.2 Å². The molecule has 21 heavy (non-hydrogen) atoms. The van der Waals surface area contributed by atoms with E-state index in [9.17, 15) is 14.0 Å². The van der Waals surface area contributed by atoms with Gasteiger partial charge in [0, 0.05) is 5.41 Å². The van der Waals surface area contributed by atoms with E-state index in [0.717, 1.165) is 5.56 Å². The molecule has 2 aliphatic rings. The molecule has 1 aromatic rings. The predicted octanol–water partition coefficient (Wildman–Crippen LogP) is 2.07. The standard InChI is InChI=1S/C16H17FO4/c1-3-20-14(18)12-11-13(15(19)21-4-2)16(11,12)9-5-7-10(17)8-6-9/h5-8,11-13H,3-4H2,1-2H3/t11?,12-,13-,16?/m0/s1. The molecule has 1 aromatic carbocycles. The van der Waals surface area contributed by atoms with Crippen LogP contribution < -0.4 is 0 Å². The number of carbonyl (C=O) groups is 2. The lowest BCUT2D eigenvalue weighted by Crippen LogP contribution is -2.28. The summed E-state index contributed by atoms with van der Waals surface area (Å²) in [4.78, 5) is 23.9. The summed E-state index contributed by atoms with van der Waals surface area (Å²) < 4.78 is 23.2. The number of fused-ring (bicyclic) bond motifs is 1. The smallest absolute Gasteiger partial charge is 0.310 e. The van der Waals surface area contributed by atoms with Gasteiger partial charge in [-0.2, -0.15) is 0 Å². The van der Waals surface area contributed by atoms with Crippen molar-refractivity contribution in [3.05, 3.63) is 35.6 Å². The lowest BCUT2D eigenvalue weighted by Gasteiger charge is -2.17. The summed E-state index contributed by atoms with van der Waals surface area (Å²) in [6.07, 6.45) is 0. The lowest BCUT2D eigenvalue weighted by atomic mass is 9.90. The van der Waals surface area contributed by atoms with Gasteiger partial charge >= 0.3 is 11.9 Å². The zero-order chi connectivity index (χ0) is 15.2. The van der Waals surface area contributed by atoms with Crippen LogP contribution in [0, 0.1) is 23.6 Å². The molecule has 0 spiro atoms. The Kier molecular flexibility index (Phi) is 3.23. The van der Waals surface area contributed by atoms with E-state index in [4.69, 9.17) is 9.47 Å². The molecule has 0 amide bonds. The highest BCUT2D eigenvalue weighted by Crippen LogP contribution is 2.84. The highest BCUT2D eigenvalue weighted by Gasteiger charge is 2.92. The highest BCUT2D eigenvalue weighted by atomic mass is 19.1. The van der Waals surface area contributed by atoms with E-state index >= 15 is 0 Å². The zero-order valence-corrected chi connectivity index (χ0v) is 12.0. The minimum atomic E-state index is -0.536. The third kappa shape index (κ3) is 1.87. The molecule has 0 unspecified atom stereocenters. The minimum absolute atomic E-state index is 0.0685. The van der Waals surface area contributed by atoms with Crippen LogP contribution in [0.3, 0.4) is 0 Å². The Morgan fingerprint density at radius 2 is 1.52 bits per heavy atom. The maximum Gasteiger partial charge on any atom is 0.310 e. The van der Waals surface area contributed by atoms with Gasteiger partial charge in [-0.1, -0.05) is 12.1 Å². The summed E-state index contributed by atoms with van der Waals surface area (Å²) >= 11 is 0. The van der Waals surface area contributed by atoms with Gasteiger partial charge < -0.3 is 9.47 Å². The summed E-state index contributed by atoms with van der Waals surface area (Å²) in [5.74, 6) is -1.59. The fourth-order valence-electron chi connectivity index (χ4n) is 3.57. The molecule has 0 bridgehead atoms. The Balaban J connectivity index is 1.85. The second kappa shape index (κ2) is 4.83. The molecular formula is C16H17FO4. The van der Waals surface area contributed by atoms with Gasteiger partial charge in [-0.3, -0.25) is 9.59 Å². The second-order valence-electron chi connectivity index (χ2n) is 5.43. The summed E-state index contributed by atoms with van der Waals surface area (Å²) in [7, 11) is 0. The first kappa shape index (κ1) is 14.0. The van der Waals surface area contributed by atoms with Crippen molar-refractivity contribution in [3.63, 3.8) is 0 Å². The molecule has 2 atom stereocenters. The van der Waals surface area contributed by atoms with Crippen LogP contribution in [-0.4, -0.2) is 25.2 Å². The van der Waals surface area contributed by atoms with Crippen LogP contribution >= 0.6 is 0 Å². The van der Waals surface area contributed by atoms with Crippen molar-refractivity contribution in [2.24, 2.45) is 17.8 Å². The summed E-state index contributed by atoms with van der Waals surface area (Å²) in [6, 6.07) is 5.98. The summed E-state index contributed by atoms with van der Waals surface area (Å²) in [5.41, 5.74) is 0.275. The van der Waals surface area contributed by atoms with Crippen molar-refractivity contribution >= 4 is 11.9 Å². The molecule has 3 rings (SSSR count). The van der Waals surface area contributed by atoms with Crippen LogP contribution in [0.5, 0.6) is 0 Å². The fourth-order valence-corrected chi connectivity index (χ4v) is 3.57. The number of benzene rings is 1. The molecule has 0 aromatic heterocycles. The van der Waals surface area contributed by atoms with Crippen LogP contribution in [0.1, 0.15) is 19.4 Å². The van der Waals surface area contributed by atoms with Crippen LogP contribution in [0.15, 0.2) is 24.3 Å². The zero-order valence-electron chi connectivity index (χ0n) is 12.0. The number of esters is 2. The maximum absolute atomic E-state index is 13.1. The van der Waals surface area contributed by atoms with E-state index in [1.54, 1.807) is 26.0 Å². The Morgan fingerprint density at radius 3 is 1.95 bits per heavy atom. The first-order valence-electron chi connectivity index (χ1n) is 7.18. The average Bonchev–Trinajstić information content (AvgIpc) is 3.28. The first-order valence-corrected chi connectivity index (χ1v) is 7.18. The van der Waals surface area contributed by atoms with Gasteiger partial charge in [-0.05, 0) is 37.5 Å². The van der Waals surface area contributed by atoms with Gasteiger partial charge in [-0.25, -0.2) is 4.39 Å². The third-order valence-electron chi connectivity index (χ3n) is 4.51. The SMILES string of the molecule is CCOC(=O)[C@@H]1C2[C@@H](C(=O)OCC)C21c1ccc(F)cc1. The topological polar surface area (TPSA) is 52.6 Å². The molecule has 2 aliphatic carbocycles. The van der Waals surface area contributed by atoms with Crippen molar-refractivity contribution in [3.8, 4) is 0 Å². The van der Waals surface area contributed by atoms with Crippen LogP contribution in [0.25, 0.3) is 0 Å². The van der Waals surface area contributed by atoms with E-state index in [1.807, 2.05) is 0 Å². The summed E-state index contributed by atoms with van der Waals surface area (Å²) in [5, 5.41) is 0. The molecule has 112 valence electrons. The predicted molar refractivity (Wildman–Crippen MR) is 71.8 cm³/mol. The van der Waals surface area contributed by atoms with E-state index in [0.29, 0.717) is 13.2 Å². The second-order valence-corrected chi connectivity index (χ2v) is 5.43. The van der Waals surface area contributed by atoms with Crippen LogP contribution in [0.2, 0.25) is 0 Å². The normalized spacial score (nSPS) is 32.0. The quantitative estimate of drug-likeness (QED) is 0.780. The fraction of sp³-hybridized carbons (Fsp3) is 0.500. The molecule has 4 nitrogen and oxygen atoms in total. The Bertz CT molecular complexity index is 554. The van der Waals surface area contributed by atoms with Gasteiger partial charge in [0.1, 0.15) is 5.82 Å². The van der Waals surface area contributed by atoms with E-state index in [-0.39, 0.29) is 35.5 Å². The van der Waals surface area contributed by atoms with Gasteiger partial charge in [0.2, 0.25) is 0 Å². The Morgan fingerprint density at radius 1 is 1.05 bits per heavy atom. The number of carbonyl (C=O) groups excluding carboxylic acids is 2. The van der Waals surface area contributed by atoms with E-state index in [2.05, 4.69) is 0 Å². The van der Waals surface area contributed by atoms with E-state index < -0.39 is 5.41 Å². The number of hydrogen-bond acceptors (Lipinski definition) is 4. The number of hydrogen-bond donors (Lipinski definition) is 0. The molecule has 2 fully saturated rings. The lowest BCUT2D eigenvalue weighted by molar-refractivity contribution is -0.151. The molecule has 0 saturated heterocycles. The van der Waals surface area contributed by atoms with Crippen molar-refractivity contribution in [1.29, 1.82) is 0 Å². The number of halogens is 1. The molecule has 0 heterocycles. The Labute approximate surface area is 122 Å². The third-order valence-corrected chi connectivity index (χ3v) is 4.51. The first-order chi connectivity index (χ1) is 10.1. The molecule has 0 radical (unpaired) electrons. The molecule has 0 aliphatic heterocycles. The van der Waals surface area contributed by atoms with Crippen LogP contribution in [0.4, 0.5) is 4.39 Å². The Hall–Kier alpha value is -1.91. The summed E-state index contributed by atoms with van der Waals surface area (Å²) in [6.45, 7) is 4.12. The number of ether oxygens (including phenoxy) is 2. The molecule has 2 saturated carbocycles. The maximum atomic E-state index is 13.1. The minimum Gasteiger partial charge on any atom is -0.466 e.